The topological polar surface area (TPSA) is 71.5 Å². The second-order valence-corrected chi connectivity index (χ2v) is 6.83. The van der Waals surface area contributed by atoms with Gasteiger partial charge in [-0.25, -0.2) is 4.79 Å². The largest absolute Gasteiger partial charge is 0.462 e. The number of rotatable bonds is 5. The summed E-state index contributed by atoms with van der Waals surface area (Å²) in [7, 11) is 0. The number of hydrogen-bond acceptors (Lipinski definition) is 5. The maximum atomic E-state index is 12.8. The van der Waals surface area contributed by atoms with E-state index in [0.717, 1.165) is 25.9 Å². The van der Waals surface area contributed by atoms with Crippen molar-refractivity contribution in [3.63, 3.8) is 0 Å². The number of pyridine rings is 1. The molecule has 2 heterocycles. The Labute approximate surface area is 159 Å². The fourth-order valence-electron chi connectivity index (χ4n) is 3.15. The van der Waals surface area contributed by atoms with Crippen LogP contribution < -0.4 is 5.32 Å². The lowest BCUT2D eigenvalue weighted by molar-refractivity contribution is 0.0527. The van der Waals surface area contributed by atoms with Crippen LogP contribution in [0.5, 0.6) is 0 Å². The minimum absolute atomic E-state index is 0.00303. The average molecular weight is 367 g/mol. The first-order chi connectivity index (χ1) is 13.1. The zero-order valence-electron chi connectivity index (χ0n) is 15.8. The summed E-state index contributed by atoms with van der Waals surface area (Å²) in [5, 5.41) is 3.18. The first-order valence-corrected chi connectivity index (χ1v) is 9.36. The highest BCUT2D eigenvalue weighted by molar-refractivity contribution is 5.97. The monoisotopic (exact) mass is 367 g/mol. The summed E-state index contributed by atoms with van der Waals surface area (Å²) in [6.07, 6.45) is 5.29. The molecule has 1 aliphatic rings. The highest BCUT2D eigenvalue weighted by Crippen LogP contribution is 2.23. The molecule has 1 N–H and O–H groups in total. The van der Waals surface area contributed by atoms with Crippen molar-refractivity contribution in [3.05, 3.63) is 53.9 Å². The third kappa shape index (κ3) is 4.64. The molecule has 0 saturated carbocycles. The lowest BCUT2D eigenvalue weighted by Gasteiger charge is -2.30. The molecule has 1 saturated heterocycles. The van der Waals surface area contributed by atoms with Crippen LogP contribution in [-0.4, -0.2) is 41.5 Å². The summed E-state index contributed by atoms with van der Waals surface area (Å²) in [5.74, 6) is 0.277. The molecule has 0 unspecified atom stereocenters. The van der Waals surface area contributed by atoms with E-state index in [-0.39, 0.29) is 11.9 Å². The molecule has 1 aliphatic heterocycles. The van der Waals surface area contributed by atoms with Gasteiger partial charge in [-0.15, -0.1) is 0 Å². The van der Waals surface area contributed by atoms with E-state index in [0.29, 0.717) is 35.0 Å². The van der Waals surface area contributed by atoms with Gasteiger partial charge in [-0.2, -0.15) is 0 Å². The van der Waals surface area contributed by atoms with Gasteiger partial charge in [0.05, 0.1) is 35.3 Å². The number of ether oxygens (including phenoxy) is 1. The van der Waals surface area contributed by atoms with Gasteiger partial charge in [-0.1, -0.05) is 19.1 Å². The molecular weight excluding hydrogens is 342 g/mol. The van der Waals surface area contributed by atoms with E-state index >= 15 is 0 Å². The predicted molar refractivity (Wildman–Crippen MR) is 104 cm³/mol. The molecule has 1 aromatic heterocycles. The number of likely N-dealkylation sites (tertiary alicyclic amines) is 1. The van der Waals surface area contributed by atoms with Crippen molar-refractivity contribution in [2.24, 2.45) is 5.92 Å². The molecule has 6 nitrogen and oxygen atoms in total. The molecule has 2 aromatic rings. The fourth-order valence-corrected chi connectivity index (χ4v) is 3.15. The van der Waals surface area contributed by atoms with Crippen LogP contribution in [0, 0.1) is 5.92 Å². The van der Waals surface area contributed by atoms with Crippen molar-refractivity contribution in [3.8, 4) is 0 Å². The molecule has 1 fully saturated rings. The van der Waals surface area contributed by atoms with Gasteiger partial charge < -0.3 is 15.0 Å². The van der Waals surface area contributed by atoms with Crippen LogP contribution in [0.25, 0.3) is 0 Å². The summed E-state index contributed by atoms with van der Waals surface area (Å²) in [5.41, 5.74) is 2.27. The van der Waals surface area contributed by atoms with E-state index in [1.807, 2.05) is 11.0 Å². The SMILES string of the molecule is CCOC(=O)c1ccccc1Nc1cncc(C(=O)N2CCC(C)CC2)c1. The zero-order chi connectivity index (χ0) is 19.2. The number of anilines is 2. The fraction of sp³-hybridized carbons (Fsp3) is 0.381. The molecule has 0 radical (unpaired) electrons. The van der Waals surface area contributed by atoms with Gasteiger partial charge in [-0.3, -0.25) is 9.78 Å². The standard InChI is InChI=1S/C21H25N3O3/c1-3-27-21(26)18-6-4-5-7-19(18)23-17-12-16(13-22-14-17)20(25)24-10-8-15(2)9-11-24/h4-7,12-15,23H,3,8-11H2,1-2H3. The number of para-hydroxylation sites is 1. The zero-order valence-corrected chi connectivity index (χ0v) is 15.8. The number of esters is 1. The summed E-state index contributed by atoms with van der Waals surface area (Å²) >= 11 is 0. The van der Waals surface area contributed by atoms with Crippen molar-refractivity contribution < 1.29 is 14.3 Å². The minimum atomic E-state index is -0.386. The molecule has 0 bridgehead atoms. The quantitative estimate of drug-likeness (QED) is 0.812. The van der Waals surface area contributed by atoms with Crippen molar-refractivity contribution in [2.45, 2.75) is 26.7 Å². The van der Waals surface area contributed by atoms with Crippen LogP contribution in [0.15, 0.2) is 42.7 Å². The number of carbonyl (C=O) groups is 2. The highest BCUT2D eigenvalue weighted by Gasteiger charge is 2.22. The molecular formula is C21H25N3O3. The number of benzene rings is 1. The summed E-state index contributed by atoms with van der Waals surface area (Å²) in [6, 6.07) is 8.90. The molecule has 27 heavy (non-hydrogen) atoms. The van der Waals surface area contributed by atoms with Gasteiger partial charge in [-0.05, 0) is 43.9 Å². The van der Waals surface area contributed by atoms with Crippen LogP contribution in [0.2, 0.25) is 0 Å². The van der Waals surface area contributed by atoms with Crippen LogP contribution >= 0.6 is 0 Å². The number of aromatic nitrogens is 1. The Kier molecular flexibility index (Phi) is 6.06. The van der Waals surface area contributed by atoms with Crippen LogP contribution in [-0.2, 0) is 4.74 Å². The predicted octanol–water partition coefficient (Wildman–Crippen LogP) is 3.87. The second-order valence-electron chi connectivity index (χ2n) is 6.83. The third-order valence-corrected chi connectivity index (χ3v) is 4.76. The van der Waals surface area contributed by atoms with E-state index in [9.17, 15) is 9.59 Å². The molecule has 6 heteroatoms. The van der Waals surface area contributed by atoms with Crippen molar-refractivity contribution in [2.75, 3.05) is 25.0 Å². The van der Waals surface area contributed by atoms with Crippen molar-refractivity contribution in [1.82, 2.24) is 9.88 Å². The number of nitrogens with zero attached hydrogens (tertiary/aromatic N) is 2. The highest BCUT2D eigenvalue weighted by atomic mass is 16.5. The van der Waals surface area contributed by atoms with Gasteiger partial charge in [0.25, 0.3) is 5.91 Å². The Morgan fingerprint density at radius 1 is 1.22 bits per heavy atom. The first-order valence-electron chi connectivity index (χ1n) is 9.36. The molecule has 3 rings (SSSR count). The normalized spacial score (nSPS) is 14.7. The van der Waals surface area contributed by atoms with E-state index in [4.69, 9.17) is 4.74 Å². The number of carbonyl (C=O) groups excluding carboxylic acids is 2. The number of piperidine rings is 1. The summed E-state index contributed by atoms with van der Waals surface area (Å²) in [6.45, 7) is 5.86. The average Bonchev–Trinajstić information content (AvgIpc) is 2.69. The third-order valence-electron chi connectivity index (χ3n) is 4.76. The van der Waals surface area contributed by atoms with Gasteiger partial charge in [0.15, 0.2) is 0 Å². The number of amides is 1. The number of nitrogens with one attached hydrogen (secondary N) is 1. The Hall–Kier alpha value is -2.89. The van der Waals surface area contributed by atoms with E-state index in [2.05, 4.69) is 17.2 Å². The van der Waals surface area contributed by atoms with Gasteiger partial charge in [0.1, 0.15) is 0 Å². The Balaban J connectivity index is 1.77. The van der Waals surface area contributed by atoms with Crippen LogP contribution in [0.1, 0.15) is 47.4 Å². The smallest absolute Gasteiger partial charge is 0.340 e. The molecule has 1 amide bonds. The van der Waals surface area contributed by atoms with E-state index in [1.54, 1.807) is 43.6 Å². The lowest BCUT2D eigenvalue weighted by Crippen LogP contribution is -2.37. The maximum Gasteiger partial charge on any atom is 0.340 e. The Morgan fingerprint density at radius 3 is 2.70 bits per heavy atom. The van der Waals surface area contributed by atoms with Crippen molar-refractivity contribution >= 4 is 23.3 Å². The van der Waals surface area contributed by atoms with Gasteiger partial charge in [0.2, 0.25) is 0 Å². The first kappa shape index (κ1) is 18.9. The molecule has 1 aromatic carbocycles. The molecule has 0 atom stereocenters. The Bertz CT molecular complexity index is 814. The van der Waals surface area contributed by atoms with E-state index < -0.39 is 0 Å². The summed E-state index contributed by atoms with van der Waals surface area (Å²) < 4.78 is 5.10. The lowest BCUT2D eigenvalue weighted by atomic mass is 9.99. The maximum absolute atomic E-state index is 12.8. The van der Waals surface area contributed by atoms with Crippen LogP contribution in [0.4, 0.5) is 11.4 Å². The van der Waals surface area contributed by atoms with Crippen molar-refractivity contribution in [1.29, 1.82) is 0 Å². The van der Waals surface area contributed by atoms with E-state index in [1.165, 1.54) is 0 Å². The molecule has 0 spiro atoms. The van der Waals surface area contributed by atoms with Gasteiger partial charge >= 0.3 is 5.97 Å². The summed E-state index contributed by atoms with van der Waals surface area (Å²) in [4.78, 5) is 31.0. The minimum Gasteiger partial charge on any atom is -0.462 e. The second kappa shape index (κ2) is 8.66. The molecule has 142 valence electrons. The van der Waals surface area contributed by atoms with Crippen LogP contribution in [0.3, 0.4) is 0 Å². The van der Waals surface area contributed by atoms with Gasteiger partial charge in [0, 0.05) is 19.3 Å². The number of hydrogen-bond donors (Lipinski definition) is 1. The molecule has 0 aliphatic carbocycles. The Morgan fingerprint density at radius 2 is 1.96 bits per heavy atom.